The van der Waals surface area contributed by atoms with Crippen molar-refractivity contribution in [3.05, 3.63) is 72.2 Å². The first-order valence-electron chi connectivity index (χ1n) is 7.32. The molecular formula is C17H13F3N4O. The zero-order chi connectivity index (χ0) is 17.9. The lowest BCUT2D eigenvalue weighted by Gasteiger charge is -2.21. The molecule has 2 aromatic heterocycles. The van der Waals surface area contributed by atoms with Gasteiger partial charge in [-0.05, 0) is 29.8 Å². The molecule has 0 spiro atoms. The molecule has 2 N–H and O–H groups in total. The number of rotatable bonds is 4. The Kier molecular flexibility index (Phi) is 4.51. The molecule has 0 bridgehead atoms. The molecule has 128 valence electrons. The fourth-order valence-electron chi connectivity index (χ4n) is 2.33. The van der Waals surface area contributed by atoms with Crippen LogP contribution in [0.1, 0.15) is 22.0 Å². The second kappa shape index (κ2) is 6.76. The van der Waals surface area contributed by atoms with Gasteiger partial charge in [-0.25, -0.2) is 0 Å². The molecule has 1 atom stereocenters. The third-order valence-electron chi connectivity index (χ3n) is 3.58. The number of carbonyl (C=O) groups excluding carboxylic acids is 1. The van der Waals surface area contributed by atoms with Gasteiger partial charge in [0.05, 0.1) is 5.69 Å². The number of halogens is 3. The lowest BCUT2D eigenvalue weighted by Crippen LogP contribution is -2.38. The average Bonchev–Trinajstić information content (AvgIpc) is 3.14. The highest BCUT2D eigenvalue weighted by atomic mass is 19.4. The van der Waals surface area contributed by atoms with Crippen LogP contribution in [0.3, 0.4) is 0 Å². The van der Waals surface area contributed by atoms with Crippen LogP contribution in [-0.4, -0.2) is 27.3 Å². The molecule has 0 aliphatic heterocycles. The summed E-state index contributed by atoms with van der Waals surface area (Å²) in [5.41, 5.74) is 1.52. The number of nitrogens with zero attached hydrogens (tertiary/aromatic N) is 2. The Bertz CT molecular complexity index is 831. The van der Waals surface area contributed by atoms with Gasteiger partial charge in [0.1, 0.15) is 0 Å². The maximum absolute atomic E-state index is 13.3. The summed E-state index contributed by atoms with van der Waals surface area (Å²) in [6, 6.07) is 8.47. The van der Waals surface area contributed by atoms with E-state index >= 15 is 0 Å². The number of alkyl halides is 3. The van der Waals surface area contributed by atoms with E-state index in [1.54, 1.807) is 24.4 Å². The van der Waals surface area contributed by atoms with Crippen molar-refractivity contribution in [3.8, 4) is 11.3 Å². The smallest absolute Gasteiger partial charge is 0.337 e. The van der Waals surface area contributed by atoms with Crippen molar-refractivity contribution in [2.75, 3.05) is 0 Å². The van der Waals surface area contributed by atoms with Gasteiger partial charge >= 0.3 is 6.18 Å². The fraction of sp³-hybridized carbons (Fsp3) is 0.118. The summed E-state index contributed by atoms with van der Waals surface area (Å²) in [5, 5.41) is 8.61. The molecule has 5 nitrogen and oxygen atoms in total. The van der Waals surface area contributed by atoms with Crippen LogP contribution >= 0.6 is 0 Å². The van der Waals surface area contributed by atoms with E-state index in [0.717, 1.165) is 17.5 Å². The highest BCUT2D eigenvalue weighted by Crippen LogP contribution is 2.32. The number of hydrogen-bond donors (Lipinski definition) is 2. The minimum atomic E-state index is -4.63. The van der Waals surface area contributed by atoms with Crippen LogP contribution in [0.15, 0.2) is 61.1 Å². The highest BCUT2D eigenvalue weighted by Gasteiger charge is 2.42. The molecule has 2 heterocycles. The Morgan fingerprint density at radius 3 is 2.40 bits per heavy atom. The molecule has 0 saturated carbocycles. The molecule has 25 heavy (non-hydrogen) atoms. The monoisotopic (exact) mass is 346 g/mol. The normalized spacial score (nSPS) is 12.6. The first-order valence-corrected chi connectivity index (χ1v) is 7.32. The van der Waals surface area contributed by atoms with Gasteiger partial charge in [-0.1, -0.05) is 18.2 Å². The quantitative estimate of drug-likeness (QED) is 0.759. The van der Waals surface area contributed by atoms with Gasteiger partial charge in [-0.3, -0.25) is 14.9 Å². The predicted molar refractivity (Wildman–Crippen MR) is 84.5 cm³/mol. The number of hydrogen-bond acceptors (Lipinski definition) is 3. The number of pyridine rings is 1. The third-order valence-corrected chi connectivity index (χ3v) is 3.58. The van der Waals surface area contributed by atoms with Crippen LogP contribution in [0.5, 0.6) is 0 Å². The molecule has 0 aliphatic rings. The number of aromatic amines is 1. The fourth-order valence-corrected chi connectivity index (χ4v) is 2.33. The van der Waals surface area contributed by atoms with E-state index in [1.807, 2.05) is 5.32 Å². The third kappa shape index (κ3) is 3.85. The molecule has 0 saturated heterocycles. The van der Waals surface area contributed by atoms with Gasteiger partial charge in [-0.15, -0.1) is 0 Å². The van der Waals surface area contributed by atoms with Gasteiger partial charge in [0.2, 0.25) is 0 Å². The molecule has 3 rings (SSSR count). The van der Waals surface area contributed by atoms with E-state index in [-0.39, 0.29) is 11.1 Å². The SMILES string of the molecule is O=C(N[C@H](c1cccnc1)C(F)(F)F)c1ccc(-c2ccn[nH]2)cc1. The standard InChI is InChI=1S/C17H13F3N4O/c18-17(19,20)15(13-2-1-8-21-10-13)23-16(25)12-5-3-11(4-6-12)14-7-9-22-24-14/h1-10,15H,(H,22,24)(H,23,25)/t15-/m1/s1. The van der Waals surface area contributed by atoms with Crippen LogP contribution in [0.2, 0.25) is 0 Å². The highest BCUT2D eigenvalue weighted by molar-refractivity contribution is 5.95. The molecule has 0 unspecified atom stereocenters. The van der Waals surface area contributed by atoms with Gasteiger partial charge < -0.3 is 5.32 Å². The van der Waals surface area contributed by atoms with Crippen LogP contribution in [0.25, 0.3) is 11.3 Å². The van der Waals surface area contributed by atoms with E-state index in [1.165, 1.54) is 30.5 Å². The topological polar surface area (TPSA) is 70.7 Å². The Balaban J connectivity index is 1.80. The molecule has 0 aliphatic carbocycles. The van der Waals surface area contributed by atoms with Crippen molar-refractivity contribution >= 4 is 5.91 Å². The maximum atomic E-state index is 13.3. The van der Waals surface area contributed by atoms with E-state index < -0.39 is 18.1 Å². The number of carbonyl (C=O) groups is 1. The van der Waals surface area contributed by atoms with Crippen molar-refractivity contribution in [1.29, 1.82) is 0 Å². The Morgan fingerprint density at radius 2 is 1.84 bits per heavy atom. The number of amides is 1. The van der Waals surface area contributed by atoms with Crippen LogP contribution < -0.4 is 5.32 Å². The number of H-pyrrole nitrogens is 1. The summed E-state index contributed by atoms with van der Waals surface area (Å²) in [4.78, 5) is 15.9. The lowest BCUT2D eigenvalue weighted by molar-refractivity contribution is -0.155. The van der Waals surface area contributed by atoms with E-state index in [9.17, 15) is 18.0 Å². The number of nitrogens with one attached hydrogen (secondary N) is 2. The van der Waals surface area contributed by atoms with Crippen molar-refractivity contribution in [2.24, 2.45) is 0 Å². The lowest BCUT2D eigenvalue weighted by atomic mass is 10.1. The molecule has 0 fully saturated rings. The first kappa shape index (κ1) is 16.7. The molecule has 1 aromatic carbocycles. The Hall–Kier alpha value is -3.16. The second-order valence-corrected chi connectivity index (χ2v) is 5.28. The summed E-state index contributed by atoms with van der Waals surface area (Å²) in [5.74, 6) is -0.817. The first-order chi connectivity index (χ1) is 11.9. The molecule has 3 aromatic rings. The minimum absolute atomic E-state index is 0.126. The van der Waals surface area contributed by atoms with Crippen LogP contribution in [0.4, 0.5) is 13.2 Å². The largest absolute Gasteiger partial charge is 0.412 e. The predicted octanol–water partition coefficient (Wildman–Crippen LogP) is 3.51. The summed E-state index contributed by atoms with van der Waals surface area (Å²) >= 11 is 0. The molecule has 8 heteroatoms. The number of aromatic nitrogens is 3. The summed E-state index contributed by atoms with van der Waals surface area (Å²) < 4.78 is 39.8. The minimum Gasteiger partial charge on any atom is -0.337 e. The van der Waals surface area contributed by atoms with Gasteiger partial charge in [0.15, 0.2) is 6.04 Å². The second-order valence-electron chi connectivity index (χ2n) is 5.28. The Labute approximate surface area is 140 Å². The Morgan fingerprint density at radius 1 is 1.08 bits per heavy atom. The van der Waals surface area contributed by atoms with E-state index in [0.29, 0.717) is 0 Å². The number of benzene rings is 1. The zero-order valence-electron chi connectivity index (χ0n) is 12.8. The zero-order valence-corrected chi connectivity index (χ0v) is 12.8. The maximum Gasteiger partial charge on any atom is 0.412 e. The van der Waals surface area contributed by atoms with E-state index in [2.05, 4.69) is 15.2 Å². The average molecular weight is 346 g/mol. The summed E-state index contributed by atoms with van der Waals surface area (Å²) in [7, 11) is 0. The molecular weight excluding hydrogens is 333 g/mol. The van der Waals surface area contributed by atoms with Crippen molar-refractivity contribution in [2.45, 2.75) is 12.2 Å². The summed E-state index contributed by atoms with van der Waals surface area (Å²) in [6.07, 6.45) is -0.598. The molecule has 0 radical (unpaired) electrons. The van der Waals surface area contributed by atoms with Crippen LogP contribution in [0, 0.1) is 0 Å². The van der Waals surface area contributed by atoms with E-state index in [4.69, 9.17) is 0 Å². The van der Waals surface area contributed by atoms with Gasteiger partial charge in [0, 0.05) is 29.7 Å². The van der Waals surface area contributed by atoms with Crippen molar-refractivity contribution in [3.63, 3.8) is 0 Å². The van der Waals surface area contributed by atoms with Gasteiger partial charge in [-0.2, -0.15) is 18.3 Å². The van der Waals surface area contributed by atoms with Crippen LogP contribution in [-0.2, 0) is 0 Å². The van der Waals surface area contributed by atoms with Crippen molar-refractivity contribution < 1.29 is 18.0 Å². The summed E-state index contributed by atoms with van der Waals surface area (Å²) in [6.45, 7) is 0. The molecule has 1 amide bonds. The van der Waals surface area contributed by atoms with Crippen molar-refractivity contribution in [1.82, 2.24) is 20.5 Å². The van der Waals surface area contributed by atoms with Gasteiger partial charge in [0.25, 0.3) is 5.91 Å².